The first-order valence-corrected chi connectivity index (χ1v) is 7.23. The number of nitrogens with zero attached hydrogens (tertiary/aromatic N) is 1. The molecule has 18 heavy (non-hydrogen) atoms. The van der Waals surface area contributed by atoms with Crippen LogP contribution < -0.4 is 5.32 Å². The van der Waals surface area contributed by atoms with E-state index < -0.39 is 0 Å². The monoisotopic (exact) mass is 246 g/mol. The number of nitrogens with one attached hydrogen (secondary N) is 1. The summed E-state index contributed by atoms with van der Waals surface area (Å²) < 4.78 is 0. The smallest absolute Gasteiger partial charge is 0.0317 e. The molecule has 0 radical (unpaired) electrons. The number of hydrogen-bond donors (Lipinski definition) is 1. The van der Waals surface area contributed by atoms with Crippen LogP contribution in [-0.2, 0) is 6.42 Å². The summed E-state index contributed by atoms with van der Waals surface area (Å²) in [4.78, 5) is 2.46. The number of likely N-dealkylation sites (N-methyl/N-ethyl adjacent to an activating group) is 1. The predicted molar refractivity (Wildman–Crippen MR) is 77.9 cm³/mol. The topological polar surface area (TPSA) is 15.3 Å². The lowest BCUT2D eigenvalue weighted by Crippen LogP contribution is -2.36. The first-order chi connectivity index (χ1) is 8.70. The highest BCUT2D eigenvalue weighted by molar-refractivity contribution is 5.24. The molecule has 1 saturated heterocycles. The van der Waals surface area contributed by atoms with Gasteiger partial charge in [0.2, 0.25) is 0 Å². The Balaban J connectivity index is 1.93. The molecular weight excluding hydrogens is 220 g/mol. The van der Waals surface area contributed by atoms with E-state index in [1.165, 1.54) is 30.5 Å². The van der Waals surface area contributed by atoms with Crippen molar-refractivity contribution in [2.24, 2.45) is 0 Å². The molecule has 0 aromatic heterocycles. The second-order valence-electron chi connectivity index (χ2n) is 5.50. The molecule has 1 aromatic rings. The van der Waals surface area contributed by atoms with Crippen molar-refractivity contribution >= 4 is 0 Å². The van der Waals surface area contributed by atoms with Crippen molar-refractivity contribution in [2.75, 3.05) is 20.1 Å². The van der Waals surface area contributed by atoms with Gasteiger partial charge in [-0.2, -0.15) is 0 Å². The summed E-state index contributed by atoms with van der Waals surface area (Å²) in [5.41, 5.74) is 2.85. The summed E-state index contributed by atoms with van der Waals surface area (Å²) >= 11 is 0. The van der Waals surface area contributed by atoms with E-state index in [1.54, 1.807) is 0 Å². The zero-order chi connectivity index (χ0) is 13.0. The minimum atomic E-state index is 0.498. The highest BCUT2D eigenvalue weighted by atomic mass is 15.2. The second-order valence-corrected chi connectivity index (χ2v) is 5.50. The van der Waals surface area contributed by atoms with Gasteiger partial charge in [-0.15, -0.1) is 0 Å². The van der Waals surface area contributed by atoms with Crippen LogP contribution in [0.3, 0.4) is 0 Å². The molecule has 0 saturated carbocycles. The van der Waals surface area contributed by atoms with E-state index >= 15 is 0 Å². The molecule has 1 aliphatic heterocycles. The summed E-state index contributed by atoms with van der Waals surface area (Å²) in [6, 6.07) is 10.3. The average Bonchev–Trinajstić information content (AvgIpc) is 2.91. The van der Waals surface area contributed by atoms with Crippen LogP contribution in [0.25, 0.3) is 0 Å². The van der Waals surface area contributed by atoms with Crippen LogP contribution in [0.1, 0.15) is 43.9 Å². The zero-order valence-corrected chi connectivity index (χ0v) is 11.9. The van der Waals surface area contributed by atoms with Crippen molar-refractivity contribution in [2.45, 2.75) is 45.2 Å². The molecule has 2 rings (SSSR count). The van der Waals surface area contributed by atoms with Gasteiger partial charge >= 0.3 is 0 Å². The molecule has 2 unspecified atom stereocenters. The van der Waals surface area contributed by atoms with Crippen molar-refractivity contribution in [3.05, 3.63) is 35.4 Å². The molecular formula is C16H26N2. The number of aryl methyl sites for hydroxylation is 1. The van der Waals surface area contributed by atoms with Gasteiger partial charge < -0.3 is 5.32 Å². The van der Waals surface area contributed by atoms with Crippen LogP contribution >= 0.6 is 0 Å². The SMILES string of the molecule is CCc1ccc(C(C)N(C)CC2CCCN2)cc1. The van der Waals surface area contributed by atoms with Crippen molar-refractivity contribution < 1.29 is 0 Å². The van der Waals surface area contributed by atoms with Gasteiger partial charge in [0.1, 0.15) is 0 Å². The summed E-state index contributed by atoms with van der Waals surface area (Å²) in [6.45, 7) is 6.85. The fraction of sp³-hybridized carbons (Fsp3) is 0.625. The molecule has 2 heteroatoms. The van der Waals surface area contributed by atoms with Gasteiger partial charge in [-0.25, -0.2) is 0 Å². The molecule has 1 aromatic carbocycles. The molecule has 1 fully saturated rings. The molecule has 100 valence electrons. The largest absolute Gasteiger partial charge is 0.313 e. The Bertz CT molecular complexity index is 352. The van der Waals surface area contributed by atoms with Crippen molar-refractivity contribution in [3.63, 3.8) is 0 Å². The van der Waals surface area contributed by atoms with Gasteiger partial charge in [0.05, 0.1) is 0 Å². The molecule has 0 amide bonds. The van der Waals surface area contributed by atoms with Crippen LogP contribution in [0.15, 0.2) is 24.3 Å². The van der Waals surface area contributed by atoms with E-state index in [2.05, 4.69) is 55.4 Å². The lowest BCUT2D eigenvalue weighted by molar-refractivity contribution is 0.238. The van der Waals surface area contributed by atoms with E-state index in [9.17, 15) is 0 Å². The van der Waals surface area contributed by atoms with E-state index in [-0.39, 0.29) is 0 Å². The Morgan fingerprint density at radius 1 is 1.33 bits per heavy atom. The number of hydrogen-bond acceptors (Lipinski definition) is 2. The van der Waals surface area contributed by atoms with Crippen LogP contribution in [0.2, 0.25) is 0 Å². The fourth-order valence-electron chi connectivity index (χ4n) is 2.70. The standard InChI is InChI=1S/C16H26N2/c1-4-14-7-9-15(10-8-14)13(2)18(3)12-16-6-5-11-17-16/h7-10,13,16-17H,4-6,11-12H2,1-3H3. The molecule has 1 heterocycles. The highest BCUT2D eigenvalue weighted by Gasteiger charge is 2.19. The predicted octanol–water partition coefficient (Wildman–Crippen LogP) is 2.99. The number of rotatable bonds is 5. The maximum atomic E-state index is 3.57. The Labute approximate surface area is 111 Å². The molecule has 1 aliphatic rings. The summed E-state index contributed by atoms with van der Waals surface area (Å²) in [5.74, 6) is 0. The molecule has 2 atom stereocenters. The third-order valence-electron chi connectivity index (χ3n) is 4.20. The summed E-state index contributed by atoms with van der Waals surface area (Å²) in [6.07, 6.45) is 3.78. The van der Waals surface area contributed by atoms with Gasteiger partial charge in [-0.1, -0.05) is 31.2 Å². The molecule has 0 spiro atoms. The van der Waals surface area contributed by atoms with E-state index in [1.807, 2.05) is 0 Å². The van der Waals surface area contributed by atoms with Crippen molar-refractivity contribution in [3.8, 4) is 0 Å². The maximum Gasteiger partial charge on any atom is 0.0317 e. The van der Waals surface area contributed by atoms with Crippen LogP contribution in [0, 0.1) is 0 Å². The van der Waals surface area contributed by atoms with Crippen LogP contribution in [-0.4, -0.2) is 31.1 Å². The van der Waals surface area contributed by atoms with Gasteiger partial charge in [0.25, 0.3) is 0 Å². The van der Waals surface area contributed by atoms with Crippen molar-refractivity contribution in [1.29, 1.82) is 0 Å². The minimum absolute atomic E-state index is 0.498. The third-order valence-corrected chi connectivity index (χ3v) is 4.20. The molecule has 1 N–H and O–H groups in total. The summed E-state index contributed by atoms with van der Waals surface area (Å²) in [7, 11) is 2.23. The lowest BCUT2D eigenvalue weighted by Gasteiger charge is -2.28. The Kier molecular flexibility index (Phi) is 4.79. The Morgan fingerprint density at radius 2 is 2.06 bits per heavy atom. The summed E-state index contributed by atoms with van der Waals surface area (Å²) in [5, 5.41) is 3.57. The van der Waals surface area contributed by atoms with Gasteiger partial charge in [-0.05, 0) is 50.9 Å². The van der Waals surface area contributed by atoms with E-state index in [0.29, 0.717) is 12.1 Å². The van der Waals surface area contributed by atoms with Gasteiger partial charge in [0, 0.05) is 18.6 Å². The third kappa shape index (κ3) is 3.33. The lowest BCUT2D eigenvalue weighted by atomic mass is 10.0. The van der Waals surface area contributed by atoms with Crippen LogP contribution in [0.5, 0.6) is 0 Å². The van der Waals surface area contributed by atoms with Crippen molar-refractivity contribution in [1.82, 2.24) is 10.2 Å². The maximum absolute atomic E-state index is 3.57. The first kappa shape index (κ1) is 13.6. The van der Waals surface area contributed by atoms with E-state index in [4.69, 9.17) is 0 Å². The zero-order valence-electron chi connectivity index (χ0n) is 11.9. The second kappa shape index (κ2) is 6.35. The van der Waals surface area contributed by atoms with E-state index in [0.717, 1.165) is 13.0 Å². The molecule has 2 nitrogen and oxygen atoms in total. The average molecular weight is 246 g/mol. The quantitative estimate of drug-likeness (QED) is 0.859. The number of benzene rings is 1. The highest BCUT2D eigenvalue weighted by Crippen LogP contribution is 2.20. The Morgan fingerprint density at radius 3 is 2.61 bits per heavy atom. The molecule has 0 bridgehead atoms. The fourth-order valence-corrected chi connectivity index (χ4v) is 2.70. The van der Waals surface area contributed by atoms with Gasteiger partial charge in [0.15, 0.2) is 0 Å². The minimum Gasteiger partial charge on any atom is -0.313 e. The Hall–Kier alpha value is -0.860. The normalized spacial score (nSPS) is 21.4. The molecule has 0 aliphatic carbocycles. The first-order valence-electron chi connectivity index (χ1n) is 7.23. The van der Waals surface area contributed by atoms with Crippen LogP contribution in [0.4, 0.5) is 0 Å². The van der Waals surface area contributed by atoms with Gasteiger partial charge in [-0.3, -0.25) is 4.90 Å².